The molecule has 1 saturated heterocycles. The molecule has 0 radical (unpaired) electrons. The Bertz CT molecular complexity index is 1840. The van der Waals surface area contributed by atoms with Gasteiger partial charge in [-0.15, -0.1) is 0 Å². The van der Waals surface area contributed by atoms with Crippen molar-refractivity contribution in [3.05, 3.63) is 107 Å². The number of rotatable bonds is 7. The Morgan fingerprint density at radius 2 is 1.68 bits per heavy atom. The number of aromatic amines is 1. The Balaban J connectivity index is 1.05. The van der Waals surface area contributed by atoms with Crippen LogP contribution in [0.2, 0.25) is 0 Å². The van der Waals surface area contributed by atoms with Crippen LogP contribution in [-0.4, -0.2) is 51.2 Å². The van der Waals surface area contributed by atoms with Crippen LogP contribution in [0.3, 0.4) is 0 Å². The van der Waals surface area contributed by atoms with Crippen molar-refractivity contribution in [2.75, 3.05) is 31.1 Å². The molecule has 8 rings (SSSR count). The van der Waals surface area contributed by atoms with Crippen LogP contribution < -0.4 is 4.90 Å². The van der Waals surface area contributed by atoms with Crippen molar-refractivity contribution < 1.29 is 5.11 Å². The maximum Gasteiger partial charge on any atom is 0.141 e. The summed E-state index contributed by atoms with van der Waals surface area (Å²) in [4.78, 5) is 17.7. The number of nitrogens with zero attached hydrogens (tertiary/aromatic N) is 4. The molecule has 4 heterocycles. The minimum atomic E-state index is 0.243. The Hall–Kier alpha value is -4.26. The molecule has 0 unspecified atom stereocenters. The van der Waals surface area contributed by atoms with Crippen molar-refractivity contribution >= 4 is 22.8 Å². The van der Waals surface area contributed by atoms with E-state index in [4.69, 9.17) is 4.98 Å². The second-order valence-electron chi connectivity index (χ2n) is 12.8. The van der Waals surface area contributed by atoms with Crippen LogP contribution in [0.4, 0.5) is 5.69 Å². The highest BCUT2D eigenvalue weighted by Gasteiger charge is 2.25. The van der Waals surface area contributed by atoms with Gasteiger partial charge in [0.1, 0.15) is 12.0 Å². The number of likely N-dealkylation sites (tertiary alicyclic amines) is 1. The van der Waals surface area contributed by atoms with Gasteiger partial charge in [-0.2, -0.15) is 0 Å². The van der Waals surface area contributed by atoms with Crippen molar-refractivity contribution in [1.82, 2.24) is 19.9 Å². The number of nitrogens with one attached hydrogen (secondary N) is 1. The van der Waals surface area contributed by atoms with Crippen molar-refractivity contribution in [3.63, 3.8) is 0 Å². The molecule has 2 N–H and O–H groups in total. The highest BCUT2D eigenvalue weighted by Crippen LogP contribution is 2.42. The molecule has 1 aliphatic carbocycles. The van der Waals surface area contributed by atoms with Crippen LogP contribution in [0.1, 0.15) is 65.3 Å². The molecule has 2 fully saturated rings. The van der Waals surface area contributed by atoms with E-state index in [2.05, 4.69) is 106 Å². The maximum absolute atomic E-state index is 9.25. The average Bonchev–Trinajstić information content (AvgIpc) is 3.83. The SMILES string of the molecule is Cc1c(-c2ncnc3[nH]c(-c4ccc(C5CCN(CCO)CC5)cc4)cc23)cccc1N1C=Cc2cc(C3CC3)ccc2C1. The largest absolute Gasteiger partial charge is 0.395 e. The van der Waals surface area contributed by atoms with E-state index in [9.17, 15) is 5.11 Å². The molecule has 3 aliphatic rings. The fourth-order valence-corrected chi connectivity index (χ4v) is 7.22. The molecule has 222 valence electrons. The van der Waals surface area contributed by atoms with E-state index in [1.54, 1.807) is 6.33 Å². The molecule has 5 aromatic rings. The molecule has 2 aromatic heterocycles. The predicted molar refractivity (Wildman–Crippen MR) is 179 cm³/mol. The van der Waals surface area contributed by atoms with E-state index in [1.807, 2.05) is 0 Å². The average molecular weight is 582 g/mol. The summed E-state index contributed by atoms with van der Waals surface area (Å²) in [7, 11) is 0. The van der Waals surface area contributed by atoms with Gasteiger partial charge in [0, 0.05) is 41.6 Å². The van der Waals surface area contributed by atoms with E-state index in [-0.39, 0.29) is 6.61 Å². The first kappa shape index (κ1) is 27.3. The molecule has 2 aliphatic heterocycles. The zero-order valence-electron chi connectivity index (χ0n) is 25.3. The van der Waals surface area contributed by atoms with Gasteiger partial charge in [0.2, 0.25) is 0 Å². The number of hydrogen-bond donors (Lipinski definition) is 2. The van der Waals surface area contributed by atoms with E-state index in [1.165, 1.54) is 46.3 Å². The monoisotopic (exact) mass is 581 g/mol. The number of β-amino-alcohol motifs (C(OH)–C–C–N with tert-alkyl or cyclic N) is 1. The normalized spacial score (nSPS) is 17.4. The van der Waals surface area contributed by atoms with E-state index < -0.39 is 0 Å². The minimum absolute atomic E-state index is 0.243. The Morgan fingerprint density at radius 3 is 2.48 bits per heavy atom. The van der Waals surface area contributed by atoms with Gasteiger partial charge in [-0.3, -0.25) is 0 Å². The van der Waals surface area contributed by atoms with E-state index in [0.717, 1.165) is 78.5 Å². The number of piperidine rings is 1. The molecule has 0 spiro atoms. The number of hydrogen-bond acceptors (Lipinski definition) is 5. The molecule has 0 amide bonds. The second-order valence-corrected chi connectivity index (χ2v) is 12.8. The summed E-state index contributed by atoms with van der Waals surface area (Å²) in [5, 5.41) is 10.3. The quantitative estimate of drug-likeness (QED) is 0.207. The first-order chi connectivity index (χ1) is 21.6. The van der Waals surface area contributed by atoms with Gasteiger partial charge in [-0.1, -0.05) is 54.6 Å². The summed E-state index contributed by atoms with van der Waals surface area (Å²) in [6, 6.07) is 24.8. The number of benzene rings is 3. The third-order valence-corrected chi connectivity index (χ3v) is 9.99. The molecular formula is C38H39N5O. The van der Waals surface area contributed by atoms with E-state index >= 15 is 0 Å². The Labute approximate surface area is 259 Å². The molecule has 6 heteroatoms. The van der Waals surface area contributed by atoms with Crippen LogP contribution in [0.15, 0.2) is 79.3 Å². The molecule has 1 saturated carbocycles. The Morgan fingerprint density at radius 1 is 0.886 bits per heavy atom. The van der Waals surface area contributed by atoms with Crippen molar-refractivity contribution in [1.29, 1.82) is 0 Å². The highest BCUT2D eigenvalue weighted by molar-refractivity contribution is 5.95. The lowest BCUT2D eigenvalue weighted by Gasteiger charge is -2.31. The summed E-state index contributed by atoms with van der Waals surface area (Å²) >= 11 is 0. The lowest BCUT2D eigenvalue weighted by Crippen LogP contribution is -2.34. The molecular weight excluding hydrogens is 542 g/mol. The predicted octanol–water partition coefficient (Wildman–Crippen LogP) is 7.64. The molecule has 0 bridgehead atoms. The minimum Gasteiger partial charge on any atom is -0.395 e. The van der Waals surface area contributed by atoms with Crippen LogP contribution in [-0.2, 0) is 6.54 Å². The van der Waals surface area contributed by atoms with Gasteiger partial charge in [0.15, 0.2) is 0 Å². The summed E-state index contributed by atoms with van der Waals surface area (Å²) in [5.74, 6) is 1.35. The van der Waals surface area contributed by atoms with Gasteiger partial charge in [0.25, 0.3) is 0 Å². The van der Waals surface area contributed by atoms with Crippen LogP contribution in [0, 0.1) is 6.92 Å². The van der Waals surface area contributed by atoms with Crippen molar-refractivity contribution in [3.8, 4) is 22.5 Å². The van der Waals surface area contributed by atoms with Gasteiger partial charge in [0.05, 0.1) is 12.3 Å². The first-order valence-electron chi connectivity index (χ1n) is 16.1. The maximum atomic E-state index is 9.25. The third-order valence-electron chi connectivity index (χ3n) is 9.99. The number of H-pyrrole nitrogens is 1. The topological polar surface area (TPSA) is 68.3 Å². The summed E-state index contributed by atoms with van der Waals surface area (Å²) < 4.78 is 0. The van der Waals surface area contributed by atoms with Gasteiger partial charge < -0.3 is 19.9 Å². The number of fused-ring (bicyclic) bond motifs is 2. The van der Waals surface area contributed by atoms with Gasteiger partial charge in [-0.25, -0.2) is 9.97 Å². The van der Waals surface area contributed by atoms with Crippen LogP contribution in [0.25, 0.3) is 39.6 Å². The summed E-state index contributed by atoms with van der Waals surface area (Å²) in [6.45, 7) is 6.21. The highest BCUT2D eigenvalue weighted by atomic mass is 16.3. The number of aromatic nitrogens is 3. The standard InChI is InChI=1S/C38H39N5O/c1-25-33(3-2-4-36(25)43-18-15-31-21-30(27-5-6-27)11-12-32(31)23-43)37-34-22-35(41-38(34)40-24-39-37)29-9-7-26(8-10-29)28-13-16-42(17-14-28)19-20-44/h2-4,7-12,15,18,21-22,24,27-28,44H,5-6,13-14,16-17,19-20,23H2,1H3,(H,39,40,41). The third kappa shape index (κ3) is 5.12. The zero-order chi connectivity index (χ0) is 29.6. The number of aliphatic hydroxyl groups is 1. The summed E-state index contributed by atoms with van der Waals surface area (Å²) in [5.41, 5.74) is 13.2. The molecule has 44 heavy (non-hydrogen) atoms. The fourth-order valence-electron chi connectivity index (χ4n) is 7.22. The van der Waals surface area contributed by atoms with Crippen LogP contribution >= 0.6 is 0 Å². The fraction of sp³-hybridized carbons (Fsp3) is 0.316. The second kappa shape index (κ2) is 11.3. The lowest BCUT2D eigenvalue weighted by atomic mass is 9.89. The first-order valence-corrected chi connectivity index (χ1v) is 16.1. The smallest absolute Gasteiger partial charge is 0.141 e. The van der Waals surface area contributed by atoms with Crippen LogP contribution in [0.5, 0.6) is 0 Å². The van der Waals surface area contributed by atoms with Crippen molar-refractivity contribution in [2.45, 2.75) is 51.0 Å². The van der Waals surface area contributed by atoms with Crippen molar-refractivity contribution in [2.24, 2.45) is 0 Å². The lowest BCUT2D eigenvalue weighted by molar-refractivity contribution is 0.164. The van der Waals surface area contributed by atoms with E-state index in [0.29, 0.717) is 5.92 Å². The van der Waals surface area contributed by atoms with Gasteiger partial charge >= 0.3 is 0 Å². The zero-order valence-corrected chi connectivity index (χ0v) is 25.3. The molecule has 0 atom stereocenters. The summed E-state index contributed by atoms with van der Waals surface area (Å²) in [6.07, 6.45) is 11.1. The molecule has 3 aromatic carbocycles. The Kier molecular flexibility index (Phi) is 7.04. The molecule has 6 nitrogen and oxygen atoms in total. The van der Waals surface area contributed by atoms with Gasteiger partial charge in [-0.05, 0) is 109 Å². The number of aliphatic hydroxyl groups excluding tert-OH is 1. The number of anilines is 1.